The molecule has 1 saturated heterocycles. The summed E-state index contributed by atoms with van der Waals surface area (Å²) in [5, 5.41) is 14.6. The molecule has 25 heavy (non-hydrogen) atoms. The van der Waals surface area contributed by atoms with Crippen LogP contribution in [-0.2, 0) is 0 Å². The first-order valence-electron chi connectivity index (χ1n) is 9.40. The van der Waals surface area contributed by atoms with Gasteiger partial charge in [0, 0.05) is 30.8 Å². The number of nitrogens with one attached hydrogen (secondary N) is 1. The third-order valence-corrected chi connectivity index (χ3v) is 5.56. The lowest BCUT2D eigenvalue weighted by Gasteiger charge is -2.30. The molecule has 1 aromatic carbocycles. The summed E-state index contributed by atoms with van der Waals surface area (Å²) in [7, 11) is 0. The number of carbonyl (C=O) groups is 1. The van der Waals surface area contributed by atoms with Crippen molar-refractivity contribution in [2.24, 2.45) is 5.92 Å². The van der Waals surface area contributed by atoms with E-state index in [1.165, 1.54) is 18.9 Å². The van der Waals surface area contributed by atoms with Crippen LogP contribution < -0.4 is 10.2 Å². The van der Waals surface area contributed by atoms with Crippen LogP contribution in [0.5, 0.6) is 0 Å². The molecule has 2 atom stereocenters. The fourth-order valence-corrected chi connectivity index (χ4v) is 4.00. The minimum atomic E-state index is -0.371. The lowest BCUT2D eigenvalue weighted by molar-refractivity contribution is -0.384. The second kappa shape index (κ2) is 7.85. The third-order valence-electron chi connectivity index (χ3n) is 5.56. The van der Waals surface area contributed by atoms with E-state index in [1.54, 1.807) is 12.1 Å². The van der Waals surface area contributed by atoms with Gasteiger partial charge in [0.2, 0.25) is 0 Å². The highest BCUT2D eigenvalue weighted by Crippen LogP contribution is 2.31. The van der Waals surface area contributed by atoms with Crippen molar-refractivity contribution in [3.8, 4) is 0 Å². The second-order valence-corrected chi connectivity index (χ2v) is 7.35. The normalized spacial score (nSPS) is 24.0. The minimum absolute atomic E-state index is 0.0336. The number of anilines is 1. The number of carbonyl (C=O) groups excluding carboxylic acids is 1. The van der Waals surface area contributed by atoms with Crippen LogP contribution in [0.15, 0.2) is 18.2 Å². The van der Waals surface area contributed by atoms with Crippen molar-refractivity contribution in [1.29, 1.82) is 0 Å². The fourth-order valence-electron chi connectivity index (χ4n) is 4.00. The number of nitro benzene ring substituents is 1. The molecule has 2 aliphatic rings. The summed E-state index contributed by atoms with van der Waals surface area (Å²) in [6, 6.07) is 5.07. The second-order valence-electron chi connectivity index (χ2n) is 7.35. The van der Waals surface area contributed by atoms with Crippen molar-refractivity contribution >= 4 is 17.3 Å². The first-order valence-corrected chi connectivity index (χ1v) is 9.40. The first-order chi connectivity index (χ1) is 12.1. The Morgan fingerprint density at radius 1 is 1.16 bits per heavy atom. The molecule has 0 spiro atoms. The van der Waals surface area contributed by atoms with Crippen LogP contribution in [0.25, 0.3) is 0 Å². The summed E-state index contributed by atoms with van der Waals surface area (Å²) in [4.78, 5) is 25.8. The number of nitro groups is 1. The molecule has 0 unspecified atom stereocenters. The number of hydrogen-bond donors (Lipinski definition) is 1. The van der Waals surface area contributed by atoms with Crippen molar-refractivity contribution in [3.05, 3.63) is 33.9 Å². The number of amides is 1. The van der Waals surface area contributed by atoms with Crippen LogP contribution in [0, 0.1) is 16.0 Å². The zero-order valence-corrected chi connectivity index (χ0v) is 14.9. The highest BCUT2D eigenvalue weighted by Gasteiger charge is 2.26. The molecule has 2 fully saturated rings. The summed E-state index contributed by atoms with van der Waals surface area (Å²) < 4.78 is 0. The molecule has 1 aromatic rings. The summed E-state index contributed by atoms with van der Waals surface area (Å²) in [6.07, 6.45) is 7.73. The topological polar surface area (TPSA) is 75.5 Å². The van der Waals surface area contributed by atoms with E-state index in [0.717, 1.165) is 45.2 Å². The summed E-state index contributed by atoms with van der Waals surface area (Å²) in [6.45, 7) is 3.84. The van der Waals surface area contributed by atoms with Gasteiger partial charge < -0.3 is 10.2 Å². The number of hydrogen-bond acceptors (Lipinski definition) is 4. The number of benzene rings is 1. The molecule has 0 aromatic heterocycles. The monoisotopic (exact) mass is 345 g/mol. The van der Waals surface area contributed by atoms with E-state index in [9.17, 15) is 14.9 Å². The molecule has 1 amide bonds. The van der Waals surface area contributed by atoms with Gasteiger partial charge in [-0.1, -0.05) is 19.8 Å². The average molecular weight is 345 g/mol. The van der Waals surface area contributed by atoms with Gasteiger partial charge in [0.05, 0.1) is 4.92 Å². The van der Waals surface area contributed by atoms with E-state index in [1.807, 2.05) is 0 Å². The van der Waals surface area contributed by atoms with Crippen LogP contribution in [0.2, 0.25) is 0 Å². The van der Waals surface area contributed by atoms with Gasteiger partial charge in [-0.05, 0) is 50.2 Å². The quantitative estimate of drug-likeness (QED) is 0.663. The van der Waals surface area contributed by atoms with Crippen LogP contribution in [0.1, 0.15) is 62.2 Å². The zero-order chi connectivity index (χ0) is 17.8. The van der Waals surface area contributed by atoms with E-state index in [4.69, 9.17) is 0 Å². The van der Waals surface area contributed by atoms with Gasteiger partial charge >= 0.3 is 0 Å². The Morgan fingerprint density at radius 2 is 1.88 bits per heavy atom. The van der Waals surface area contributed by atoms with Crippen molar-refractivity contribution in [3.63, 3.8) is 0 Å². The van der Waals surface area contributed by atoms with Crippen LogP contribution >= 0.6 is 0 Å². The SMILES string of the molecule is C[C@H]1CCCC[C@@H]1NC(=O)c1ccc(N2CCCCC2)c([N+](=O)[O-])c1. The van der Waals surface area contributed by atoms with Crippen molar-refractivity contribution in [2.45, 2.75) is 57.9 Å². The van der Waals surface area contributed by atoms with Crippen molar-refractivity contribution < 1.29 is 9.72 Å². The fraction of sp³-hybridized carbons (Fsp3) is 0.632. The molecule has 1 aliphatic heterocycles. The Balaban J connectivity index is 1.78. The molecular formula is C19H27N3O3. The van der Waals surface area contributed by atoms with Gasteiger partial charge in [-0.2, -0.15) is 0 Å². The molecule has 6 nitrogen and oxygen atoms in total. The molecule has 1 N–H and O–H groups in total. The molecular weight excluding hydrogens is 318 g/mol. The Hall–Kier alpha value is -2.11. The molecule has 136 valence electrons. The highest BCUT2D eigenvalue weighted by molar-refractivity contribution is 5.96. The number of nitrogens with zero attached hydrogens (tertiary/aromatic N) is 2. The molecule has 1 aliphatic carbocycles. The van der Waals surface area contributed by atoms with Gasteiger partial charge in [0.25, 0.3) is 11.6 Å². The van der Waals surface area contributed by atoms with Crippen LogP contribution in [-0.4, -0.2) is 30.0 Å². The van der Waals surface area contributed by atoms with Gasteiger partial charge in [0.15, 0.2) is 0 Å². The summed E-state index contributed by atoms with van der Waals surface area (Å²) in [5.74, 6) is 0.257. The summed E-state index contributed by atoms with van der Waals surface area (Å²) in [5.41, 5.74) is 1.05. The summed E-state index contributed by atoms with van der Waals surface area (Å²) >= 11 is 0. The van der Waals surface area contributed by atoms with E-state index >= 15 is 0 Å². The highest BCUT2D eigenvalue weighted by atomic mass is 16.6. The van der Waals surface area contributed by atoms with E-state index in [2.05, 4.69) is 17.1 Å². The van der Waals surface area contributed by atoms with Crippen LogP contribution in [0.4, 0.5) is 11.4 Å². The smallest absolute Gasteiger partial charge is 0.293 e. The molecule has 1 saturated carbocycles. The van der Waals surface area contributed by atoms with Gasteiger partial charge in [0.1, 0.15) is 5.69 Å². The van der Waals surface area contributed by atoms with E-state index in [-0.39, 0.29) is 22.6 Å². The first kappa shape index (κ1) is 17.7. The lowest BCUT2D eigenvalue weighted by atomic mass is 9.86. The van der Waals surface area contributed by atoms with E-state index in [0.29, 0.717) is 17.2 Å². The molecule has 1 heterocycles. The molecule has 6 heteroatoms. The minimum Gasteiger partial charge on any atom is -0.366 e. The van der Waals surface area contributed by atoms with Crippen LogP contribution in [0.3, 0.4) is 0 Å². The Labute approximate surface area is 148 Å². The molecule has 0 bridgehead atoms. The standard InChI is InChI=1S/C19H27N3O3/c1-14-7-3-4-8-16(14)20-19(23)15-9-10-17(18(13-15)22(24)25)21-11-5-2-6-12-21/h9-10,13-14,16H,2-8,11-12H2,1H3,(H,20,23)/t14-,16-/m0/s1. The van der Waals surface area contributed by atoms with Gasteiger partial charge in [-0.3, -0.25) is 14.9 Å². The number of piperidine rings is 1. The Morgan fingerprint density at radius 3 is 2.56 bits per heavy atom. The number of rotatable bonds is 4. The van der Waals surface area contributed by atoms with Crippen molar-refractivity contribution in [1.82, 2.24) is 5.32 Å². The average Bonchev–Trinajstić information content (AvgIpc) is 2.63. The predicted octanol–water partition coefficient (Wildman–Crippen LogP) is 3.89. The Kier molecular flexibility index (Phi) is 5.56. The van der Waals surface area contributed by atoms with Gasteiger partial charge in [-0.25, -0.2) is 0 Å². The largest absolute Gasteiger partial charge is 0.366 e. The maximum absolute atomic E-state index is 12.6. The lowest BCUT2D eigenvalue weighted by Crippen LogP contribution is -2.41. The maximum Gasteiger partial charge on any atom is 0.293 e. The third kappa shape index (κ3) is 4.11. The van der Waals surface area contributed by atoms with Gasteiger partial charge in [-0.15, -0.1) is 0 Å². The molecule has 3 rings (SSSR count). The van der Waals surface area contributed by atoms with Crippen molar-refractivity contribution in [2.75, 3.05) is 18.0 Å². The molecule has 0 radical (unpaired) electrons. The maximum atomic E-state index is 12.6. The zero-order valence-electron chi connectivity index (χ0n) is 14.9. The Bertz CT molecular complexity index is 641. The predicted molar refractivity (Wildman–Crippen MR) is 98.0 cm³/mol. The van der Waals surface area contributed by atoms with E-state index < -0.39 is 0 Å².